The van der Waals surface area contributed by atoms with Gasteiger partial charge in [-0.05, 0) is 70.2 Å². The summed E-state index contributed by atoms with van der Waals surface area (Å²) in [6, 6.07) is 14.0. The fraction of sp³-hybridized carbons (Fsp3) is 0.370. The van der Waals surface area contributed by atoms with Crippen molar-refractivity contribution >= 4 is 38.6 Å². The number of aryl methyl sites for hydroxylation is 1. The summed E-state index contributed by atoms with van der Waals surface area (Å²) >= 11 is 0. The highest BCUT2D eigenvalue weighted by Gasteiger charge is 2.29. The van der Waals surface area contributed by atoms with Crippen LogP contribution >= 0.6 is 0 Å². The Bertz CT molecular complexity index is 1380. The number of aromatic nitrogens is 2. The number of hydrogen-bond acceptors (Lipinski definition) is 7. The van der Waals surface area contributed by atoms with Gasteiger partial charge in [0.1, 0.15) is 5.82 Å². The van der Waals surface area contributed by atoms with Crippen LogP contribution < -0.4 is 15.4 Å². The number of amides is 1. The fourth-order valence-corrected chi connectivity index (χ4v) is 6.56. The Hall–Kier alpha value is -3.38. The van der Waals surface area contributed by atoms with Crippen LogP contribution in [0.2, 0.25) is 0 Å². The van der Waals surface area contributed by atoms with Crippen molar-refractivity contribution in [1.82, 2.24) is 19.6 Å². The van der Waals surface area contributed by atoms with Gasteiger partial charge in [0, 0.05) is 53.6 Å². The Morgan fingerprint density at radius 2 is 1.74 bits per heavy atom. The molecule has 4 rings (SSSR count). The van der Waals surface area contributed by atoms with Crippen LogP contribution in [0.15, 0.2) is 59.6 Å². The highest BCUT2D eigenvalue weighted by atomic mass is 32.3. The monoisotopic (exact) mass is 540 g/mol. The highest BCUT2D eigenvalue weighted by Crippen LogP contribution is 2.31. The minimum Gasteiger partial charge on any atom is -0.378 e. The van der Waals surface area contributed by atoms with Crippen LogP contribution in [0.3, 0.4) is 0 Å². The maximum Gasteiger partial charge on any atom is 0.254 e. The van der Waals surface area contributed by atoms with Gasteiger partial charge in [0.15, 0.2) is 0 Å². The zero-order valence-electron chi connectivity index (χ0n) is 22.4. The van der Waals surface area contributed by atoms with E-state index in [1.807, 2.05) is 45.9 Å². The van der Waals surface area contributed by atoms with Crippen LogP contribution in [-0.4, -0.2) is 67.6 Å². The van der Waals surface area contributed by atoms with Gasteiger partial charge in [-0.1, -0.05) is 6.07 Å². The van der Waals surface area contributed by atoms with Crippen molar-refractivity contribution in [2.75, 3.05) is 43.2 Å². The van der Waals surface area contributed by atoms with Crippen molar-refractivity contribution in [2.24, 2.45) is 0 Å². The van der Waals surface area contributed by atoms with E-state index in [9.17, 15) is 13.6 Å². The molecule has 11 heteroatoms. The van der Waals surface area contributed by atoms with Crippen LogP contribution in [0.5, 0.6) is 0 Å². The molecule has 0 radical (unpaired) electrons. The average molecular weight is 541 g/mol. The molecule has 0 unspecified atom stereocenters. The fourth-order valence-electron chi connectivity index (χ4n) is 4.19. The number of anilines is 4. The van der Waals surface area contributed by atoms with Gasteiger partial charge in [0.25, 0.3) is 5.91 Å². The maximum atomic E-state index is 13.4. The van der Waals surface area contributed by atoms with Crippen LogP contribution in [-0.2, 0) is 14.3 Å². The first-order valence-corrected chi connectivity index (χ1v) is 14.7. The molecule has 1 aliphatic heterocycles. The molecule has 2 aromatic carbocycles. The first kappa shape index (κ1) is 27.6. The predicted molar refractivity (Wildman–Crippen MR) is 151 cm³/mol. The minimum atomic E-state index is -4.28. The van der Waals surface area contributed by atoms with Gasteiger partial charge in [0.2, 0.25) is 5.95 Å². The van der Waals surface area contributed by atoms with E-state index in [1.165, 1.54) is 6.26 Å². The van der Waals surface area contributed by atoms with Crippen molar-refractivity contribution in [3.63, 3.8) is 0 Å². The number of morpholine rings is 1. The summed E-state index contributed by atoms with van der Waals surface area (Å²) in [5.41, 5.74) is 2.21. The third-order valence-electron chi connectivity index (χ3n) is 5.86. The molecule has 2 heterocycles. The molecule has 1 aromatic heterocycles. The third kappa shape index (κ3) is 6.93. The molecular weight excluding hydrogens is 504 g/mol. The lowest BCUT2D eigenvalue weighted by Gasteiger charge is -2.45. The highest BCUT2D eigenvalue weighted by molar-refractivity contribution is 8.12. The van der Waals surface area contributed by atoms with Crippen LogP contribution in [0.25, 0.3) is 0 Å². The molecule has 38 heavy (non-hydrogen) atoms. The predicted octanol–water partition coefficient (Wildman–Crippen LogP) is 4.33. The molecule has 0 atom stereocenters. The van der Waals surface area contributed by atoms with Gasteiger partial charge in [-0.2, -0.15) is 9.19 Å². The van der Waals surface area contributed by atoms with E-state index in [-0.39, 0.29) is 10.8 Å². The summed E-state index contributed by atoms with van der Waals surface area (Å²) < 4.78 is 32.6. The molecule has 1 aliphatic rings. The molecule has 0 aliphatic carbocycles. The number of benzene rings is 2. The summed E-state index contributed by atoms with van der Waals surface area (Å²) in [4.78, 5) is 23.7. The van der Waals surface area contributed by atoms with Crippen LogP contribution in [0, 0.1) is 6.92 Å². The van der Waals surface area contributed by atoms with Gasteiger partial charge in [-0.3, -0.25) is 9.35 Å². The number of rotatable bonds is 7. The molecule has 0 saturated carbocycles. The van der Waals surface area contributed by atoms with Crippen molar-refractivity contribution in [2.45, 2.75) is 38.1 Å². The quantitative estimate of drug-likeness (QED) is 0.349. The summed E-state index contributed by atoms with van der Waals surface area (Å²) in [6.07, 6.45) is 3.01. The molecule has 3 aromatic rings. The SMILES string of the molecule is Cc1cnc(Nc2ccc(C(=O)N3CCOCC3)cc2)nc1Nc1cccc(S(C)(=O)(O)NC(C)(C)C)c1. The van der Waals surface area contributed by atoms with Gasteiger partial charge in [-0.15, -0.1) is 9.53 Å². The molecule has 1 amide bonds. The molecule has 10 nitrogen and oxygen atoms in total. The maximum absolute atomic E-state index is 13.4. The van der Waals surface area contributed by atoms with E-state index in [0.717, 1.165) is 11.3 Å². The second-order valence-electron chi connectivity index (χ2n) is 10.6. The number of nitrogens with zero attached hydrogens (tertiary/aromatic N) is 3. The van der Waals surface area contributed by atoms with Crippen molar-refractivity contribution in [3.05, 3.63) is 65.9 Å². The van der Waals surface area contributed by atoms with Crippen molar-refractivity contribution in [1.29, 1.82) is 0 Å². The summed E-state index contributed by atoms with van der Waals surface area (Å²) in [5, 5.41) is 6.41. The van der Waals surface area contributed by atoms with E-state index < -0.39 is 15.1 Å². The normalized spacial score (nSPS) is 15.4. The van der Waals surface area contributed by atoms with Crippen LogP contribution in [0.4, 0.5) is 23.1 Å². The lowest BCUT2D eigenvalue weighted by atomic mass is 10.1. The molecule has 204 valence electrons. The number of hydrogen-bond donors (Lipinski definition) is 4. The summed E-state index contributed by atoms with van der Waals surface area (Å²) in [7, 11) is -4.28. The van der Waals surface area contributed by atoms with Gasteiger partial charge < -0.3 is 20.3 Å². The van der Waals surface area contributed by atoms with E-state index in [1.54, 1.807) is 41.4 Å². The zero-order valence-corrected chi connectivity index (χ0v) is 23.3. The van der Waals surface area contributed by atoms with E-state index in [0.29, 0.717) is 49.3 Å². The number of ether oxygens (including phenoxy) is 1. The second kappa shape index (κ2) is 10.4. The lowest BCUT2D eigenvalue weighted by Crippen LogP contribution is -2.54. The number of nitrogens with one attached hydrogen (secondary N) is 3. The molecule has 4 N–H and O–H groups in total. The molecule has 1 saturated heterocycles. The number of carbonyl (C=O) groups is 1. The topological polar surface area (TPSA) is 129 Å². The van der Waals surface area contributed by atoms with Crippen molar-refractivity contribution < 1.29 is 18.3 Å². The second-order valence-corrected chi connectivity index (χ2v) is 13.9. The molecular formula is C27H36N6O4S. The molecule has 0 spiro atoms. The molecule has 0 bridgehead atoms. The van der Waals surface area contributed by atoms with E-state index >= 15 is 0 Å². The Balaban J connectivity index is 1.49. The smallest absolute Gasteiger partial charge is 0.254 e. The Morgan fingerprint density at radius 1 is 1.05 bits per heavy atom. The largest absolute Gasteiger partial charge is 0.378 e. The lowest BCUT2D eigenvalue weighted by molar-refractivity contribution is 0.0303. The summed E-state index contributed by atoms with van der Waals surface area (Å²) in [6.45, 7) is 9.71. The van der Waals surface area contributed by atoms with Gasteiger partial charge in [0.05, 0.1) is 18.1 Å². The molecule has 1 fully saturated rings. The average Bonchev–Trinajstić information content (AvgIpc) is 2.85. The Morgan fingerprint density at radius 3 is 2.39 bits per heavy atom. The first-order valence-electron chi connectivity index (χ1n) is 12.4. The van der Waals surface area contributed by atoms with E-state index in [2.05, 4.69) is 25.3 Å². The standard InChI is InChI=1S/C27H36N6O4S/c1-19-18-28-26(30-21-11-9-20(10-12-21)25(34)33-13-15-37-16-14-33)31-24(19)29-22-7-6-8-23(17-22)38(5,35,36)32-27(2,3)4/h6-12,17-18H,13-16H2,1-5H3,(H2,32,35,36)(H2,28,29,30,31). The Kier molecular flexibility index (Phi) is 7.57. The van der Waals surface area contributed by atoms with Crippen molar-refractivity contribution in [3.8, 4) is 0 Å². The third-order valence-corrected chi connectivity index (χ3v) is 8.31. The van der Waals surface area contributed by atoms with Crippen LogP contribution in [0.1, 0.15) is 36.7 Å². The first-order chi connectivity index (χ1) is 17.8. The number of carbonyl (C=O) groups excluding carboxylic acids is 1. The minimum absolute atomic E-state index is 0.0147. The summed E-state index contributed by atoms with van der Waals surface area (Å²) in [5.74, 6) is 0.912. The van der Waals surface area contributed by atoms with Gasteiger partial charge in [-0.25, -0.2) is 9.71 Å². The Labute approximate surface area is 223 Å². The van der Waals surface area contributed by atoms with Gasteiger partial charge >= 0.3 is 0 Å². The van der Waals surface area contributed by atoms with E-state index in [4.69, 9.17) is 4.74 Å². The zero-order chi connectivity index (χ0) is 27.6.